The Morgan fingerprint density at radius 3 is 2.85 bits per heavy atom. The van der Waals surface area contributed by atoms with Gasteiger partial charge in [0.05, 0.1) is 5.92 Å². The minimum Gasteiger partial charge on any atom is -0.342 e. The third kappa shape index (κ3) is 3.55. The predicted octanol–water partition coefficient (Wildman–Crippen LogP) is 3.70. The molecule has 0 bridgehead atoms. The molecule has 1 fully saturated rings. The molecule has 4 rings (SSSR count). The molecule has 4 heteroatoms. The normalized spacial score (nSPS) is 23.0. The van der Waals surface area contributed by atoms with Crippen LogP contribution in [0.25, 0.3) is 0 Å². The number of hydrogen-bond donors (Lipinski definition) is 0. The minimum absolute atomic E-state index is 0.130. The van der Waals surface area contributed by atoms with Crippen molar-refractivity contribution in [3.05, 3.63) is 41.5 Å². The van der Waals surface area contributed by atoms with Gasteiger partial charge in [-0.15, -0.1) is 0 Å². The third-order valence-corrected chi connectivity index (χ3v) is 6.03. The summed E-state index contributed by atoms with van der Waals surface area (Å²) in [5, 5.41) is 0. The van der Waals surface area contributed by atoms with Crippen LogP contribution in [0.15, 0.2) is 35.9 Å². The molecule has 1 aromatic carbocycles. The van der Waals surface area contributed by atoms with Crippen LogP contribution in [0.1, 0.15) is 50.5 Å². The van der Waals surface area contributed by atoms with Crippen LogP contribution in [-0.4, -0.2) is 36.3 Å². The zero-order valence-electron chi connectivity index (χ0n) is 15.5. The lowest BCUT2D eigenvalue weighted by molar-refractivity contribution is -0.128. The van der Waals surface area contributed by atoms with E-state index >= 15 is 0 Å². The Morgan fingerprint density at radius 2 is 2.00 bits per heavy atom. The highest BCUT2D eigenvalue weighted by Gasteiger charge is 2.37. The van der Waals surface area contributed by atoms with Crippen molar-refractivity contribution in [1.29, 1.82) is 0 Å². The number of amides is 2. The molecule has 138 valence electrons. The number of carbonyl (C=O) groups is 2. The summed E-state index contributed by atoms with van der Waals surface area (Å²) in [5.41, 5.74) is 3.78. The molecule has 1 atom stereocenters. The molecule has 26 heavy (non-hydrogen) atoms. The molecular weight excluding hydrogens is 324 g/mol. The summed E-state index contributed by atoms with van der Waals surface area (Å²) < 4.78 is 0. The van der Waals surface area contributed by atoms with Gasteiger partial charge in [0.15, 0.2) is 0 Å². The minimum atomic E-state index is -0.186. The molecule has 1 aromatic rings. The Bertz CT molecular complexity index is 725. The molecular formula is C22H28N2O2. The van der Waals surface area contributed by atoms with Crippen LogP contribution in [0.4, 0.5) is 5.69 Å². The number of rotatable bonds is 4. The van der Waals surface area contributed by atoms with E-state index in [1.165, 1.54) is 36.8 Å². The van der Waals surface area contributed by atoms with Gasteiger partial charge in [-0.25, -0.2) is 0 Å². The fourth-order valence-electron chi connectivity index (χ4n) is 4.55. The monoisotopic (exact) mass is 352 g/mol. The van der Waals surface area contributed by atoms with E-state index in [0.29, 0.717) is 13.0 Å². The van der Waals surface area contributed by atoms with Crippen LogP contribution >= 0.6 is 0 Å². The smallest absolute Gasteiger partial charge is 0.232 e. The molecule has 2 aliphatic heterocycles. The van der Waals surface area contributed by atoms with Gasteiger partial charge in [0.25, 0.3) is 0 Å². The summed E-state index contributed by atoms with van der Waals surface area (Å²) in [4.78, 5) is 29.4. The molecule has 1 aliphatic carbocycles. The fourth-order valence-corrected chi connectivity index (χ4v) is 4.55. The first-order valence-electron chi connectivity index (χ1n) is 10.1. The largest absolute Gasteiger partial charge is 0.342 e. The van der Waals surface area contributed by atoms with Crippen LogP contribution in [0, 0.1) is 5.92 Å². The van der Waals surface area contributed by atoms with Crippen molar-refractivity contribution < 1.29 is 9.59 Å². The summed E-state index contributed by atoms with van der Waals surface area (Å²) >= 11 is 0. The van der Waals surface area contributed by atoms with Crippen molar-refractivity contribution >= 4 is 17.5 Å². The van der Waals surface area contributed by atoms with E-state index in [-0.39, 0.29) is 17.7 Å². The second kappa shape index (κ2) is 7.65. The maximum Gasteiger partial charge on any atom is 0.232 e. The van der Waals surface area contributed by atoms with Crippen molar-refractivity contribution in [2.75, 3.05) is 24.5 Å². The van der Waals surface area contributed by atoms with Crippen molar-refractivity contribution in [1.82, 2.24) is 4.90 Å². The number of aryl methyl sites for hydroxylation is 1. The summed E-state index contributed by atoms with van der Waals surface area (Å²) in [5.74, 6) is 0.0870. The van der Waals surface area contributed by atoms with E-state index in [0.717, 1.165) is 38.0 Å². The molecule has 3 aliphatic rings. The van der Waals surface area contributed by atoms with Gasteiger partial charge in [-0.05, 0) is 56.6 Å². The third-order valence-electron chi connectivity index (χ3n) is 6.03. The standard InChI is InChI=1S/C22H28N2O2/c25-21-15-19(16-23(21)14-12-17-7-2-1-3-8-17)22(26)24-13-6-10-18-9-4-5-11-20(18)24/h4-5,7,9,11,19H,1-3,6,8,10,12-16H2. The number of allylic oxidation sites excluding steroid dienone is 1. The number of para-hydroxylation sites is 1. The lowest BCUT2D eigenvalue weighted by Gasteiger charge is -2.31. The Labute approximate surface area is 155 Å². The average Bonchev–Trinajstić information content (AvgIpc) is 3.07. The summed E-state index contributed by atoms with van der Waals surface area (Å²) in [6.07, 6.45) is 10.6. The zero-order chi connectivity index (χ0) is 17.9. The first-order chi connectivity index (χ1) is 12.7. The van der Waals surface area contributed by atoms with E-state index in [9.17, 15) is 9.59 Å². The van der Waals surface area contributed by atoms with Gasteiger partial charge in [0.1, 0.15) is 0 Å². The fraction of sp³-hybridized carbons (Fsp3) is 0.545. The SMILES string of the molecule is O=C1CC(C(=O)N2CCCc3ccccc32)CN1CCC1=CCCCC1. The second-order valence-electron chi connectivity index (χ2n) is 7.82. The molecule has 0 aromatic heterocycles. The number of anilines is 1. The number of fused-ring (bicyclic) bond motifs is 1. The number of hydrogen-bond acceptors (Lipinski definition) is 2. The molecule has 0 saturated carbocycles. The quantitative estimate of drug-likeness (QED) is 0.775. The second-order valence-corrected chi connectivity index (χ2v) is 7.82. The number of likely N-dealkylation sites (tertiary alicyclic amines) is 1. The lowest BCUT2D eigenvalue weighted by Crippen LogP contribution is -2.40. The molecule has 0 N–H and O–H groups in total. The lowest BCUT2D eigenvalue weighted by atomic mass is 9.97. The van der Waals surface area contributed by atoms with Crippen molar-refractivity contribution in [2.24, 2.45) is 5.92 Å². The summed E-state index contributed by atoms with van der Waals surface area (Å²) in [7, 11) is 0. The topological polar surface area (TPSA) is 40.6 Å². The van der Waals surface area contributed by atoms with Gasteiger partial charge in [-0.2, -0.15) is 0 Å². The number of benzene rings is 1. The highest BCUT2D eigenvalue weighted by Crippen LogP contribution is 2.30. The van der Waals surface area contributed by atoms with Crippen molar-refractivity contribution in [2.45, 2.75) is 51.4 Å². The van der Waals surface area contributed by atoms with E-state index in [1.807, 2.05) is 28.0 Å². The predicted molar refractivity (Wildman–Crippen MR) is 103 cm³/mol. The van der Waals surface area contributed by atoms with Gasteiger partial charge in [0.2, 0.25) is 11.8 Å². The first kappa shape index (κ1) is 17.3. The maximum absolute atomic E-state index is 13.1. The summed E-state index contributed by atoms with van der Waals surface area (Å²) in [6.45, 7) is 2.13. The van der Waals surface area contributed by atoms with E-state index < -0.39 is 0 Å². The van der Waals surface area contributed by atoms with E-state index in [2.05, 4.69) is 12.1 Å². The molecule has 1 saturated heterocycles. The number of carbonyl (C=O) groups excluding carboxylic acids is 2. The Hall–Kier alpha value is -2.10. The van der Waals surface area contributed by atoms with Crippen LogP contribution in [0.5, 0.6) is 0 Å². The molecule has 0 spiro atoms. The van der Waals surface area contributed by atoms with Crippen molar-refractivity contribution in [3.63, 3.8) is 0 Å². The Kier molecular flexibility index (Phi) is 5.09. The van der Waals surface area contributed by atoms with Crippen LogP contribution in [0.2, 0.25) is 0 Å². The van der Waals surface area contributed by atoms with Gasteiger partial charge in [-0.1, -0.05) is 29.8 Å². The molecule has 2 amide bonds. The van der Waals surface area contributed by atoms with Crippen LogP contribution in [0.3, 0.4) is 0 Å². The van der Waals surface area contributed by atoms with E-state index in [4.69, 9.17) is 0 Å². The Balaban J connectivity index is 1.39. The first-order valence-corrected chi connectivity index (χ1v) is 10.1. The van der Waals surface area contributed by atoms with Gasteiger partial charge in [0, 0.05) is 31.7 Å². The van der Waals surface area contributed by atoms with Crippen LogP contribution < -0.4 is 4.90 Å². The van der Waals surface area contributed by atoms with Gasteiger partial charge in [-0.3, -0.25) is 9.59 Å². The van der Waals surface area contributed by atoms with Crippen molar-refractivity contribution in [3.8, 4) is 0 Å². The van der Waals surface area contributed by atoms with Gasteiger partial charge >= 0.3 is 0 Å². The molecule has 1 unspecified atom stereocenters. The Morgan fingerprint density at radius 1 is 1.12 bits per heavy atom. The van der Waals surface area contributed by atoms with Crippen LogP contribution in [-0.2, 0) is 16.0 Å². The average molecular weight is 352 g/mol. The zero-order valence-corrected chi connectivity index (χ0v) is 15.5. The summed E-state index contributed by atoms with van der Waals surface area (Å²) in [6, 6.07) is 8.18. The molecule has 0 radical (unpaired) electrons. The maximum atomic E-state index is 13.1. The molecule has 2 heterocycles. The number of nitrogens with zero attached hydrogens (tertiary/aromatic N) is 2. The van der Waals surface area contributed by atoms with E-state index in [1.54, 1.807) is 0 Å². The highest BCUT2D eigenvalue weighted by atomic mass is 16.2. The van der Waals surface area contributed by atoms with Gasteiger partial charge < -0.3 is 9.80 Å². The molecule has 4 nitrogen and oxygen atoms in total. The highest BCUT2D eigenvalue weighted by molar-refractivity contribution is 5.99.